The first-order chi connectivity index (χ1) is 11.8. The van der Waals surface area contributed by atoms with Crippen molar-refractivity contribution in [2.24, 2.45) is 0 Å². The summed E-state index contributed by atoms with van der Waals surface area (Å²) in [7, 11) is 0. The molecule has 0 fully saturated rings. The molecule has 0 bridgehead atoms. The standard InChI is InChI=1S/C17H16ClF3N2O2/c18-13-3-1-2-11(10-13)15(24)8-9-22-16(25)23-14-6-4-12(5-7-14)17(19,20)21/h1-7,10,15,24H,8-9H2,(H2,22,23,25)/t15-/m1/s1. The zero-order chi connectivity index (χ0) is 18.4. The van der Waals surface area contributed by atoms with E-state index in [-0.39, 0.29) is 18.7 Å². The van der Waals surface area contributed by atoms with Gasteiger partial charge in [-0.3, -0.25) is 0 Å². The van der Waals surface area contributed by atoms with Crippen molar-refractivity contribution in [2.75, 3.05) is 11.9 Å². The number of halogens is 4. The Morgan fingerprint density at radius 2 is 1.84 bits per heavy atom. The van der Waals surface area contributed by atoms with Crippen molar-refractivity contribution < 1.29 is 23.1 Å². The van der Waals surface area contributed by atoms with Crippen LogP contribution in [-0.4, -0.2) is 17.7 Å². The summed E-state index contributed by atoms with van der Waals surface area (Å²) in [6.07, 6.45) is -4.94. The quantitative estimate of drug-likeness (QED) is 0.718. The fourth-order valence-corrected chi connectivity index (χ4v) is 2.32. The lowest BCUT2D eigenvalue weighted by Crippen LogP contribution is -2.30. The molecule has 2 aromatic carbocycles. The minimum atomic E-state index is -4.42. The van der Waals surface area contributed by atoms with E-state index in [2.05, 4.69) is 10.6 Å². The molecule has 0 spiro atoms. The molecule has 2 aromatic rings. The Hall–Kier alpha value is -2.25. The number of carbonyl (C=O) groups excluding carboxylic acids is 1. The monoisotopic (exact) mass is 372 g/mol. The van der Waals surface area contributed by atoms with Gasteiger partial charge in [0, 0.05) is 17.3 Å². The number of amides is 2. The third-order valence-electron chi connectivity index (χ3n) is 3.41. The minimum Gasteiger partial charge on any atom is -0.388 e. The molecule has 4 nitrogen and oxygen atoms in total. The first-order valence-electron chi connectivity index (χ1n) is 7.41. The summed E-state index contributed by atoms with van der Waals surface area (Å²) >= 11 is 5.84. The van der Waals surface area contributed by atoms with Gasteiger partial charge in [0.15, 0.2) is 0 Å². The summed E-state index contributed by atoms with van der Waals surface area (Å²) in [4.78, 5) is 11.7. The third-order valence-corrected chi connectivity index (χ3v) is 3.64. The molecule has 0 aliphatic heterocycles. The lowest BCUT2D eigenvalue weighted by atomic mass is 10.1. The van der Waals surface area contributed by atoms with Crippen molar-refractivity contribution in [3.05, 3.63) is 64.7 Å². The van der Waals surface area contributed by atoms with Crippen LogP contribution in [0.15, 0.2) is 48.5 Å². The van der Waals surface area contributed by atoms with Crippen LogP contribution < -0.4 is 10.6 Å². The Bertz CT molecular complexity index is 721. The summed E-state index contributed by atoms with van der Waals surface area (Å²) in [5.74, 6) is 0. The van der Waals surface area contributed by atoms with Crippen LogP contribution in [0.1, 0.15) is 23.7 Å². The van der Waals surface area contributed by atoms with E-state index in [0.717, 1.165) is 12.1 Å². The summed E-state index contributed by atoms with van der Waals surface area (Å²) in [5.41, 5.74) is 0.0847. The highest BCUT2D eigenvalue weighted by molar-refractivity contribution is 6.30. The van der Waals surface area contributed by atoms with E-state index >= 15 is 0 Å². The number of anilines is 1. The van der Waals surface area contributed by atoms with Gasteiger partial charge in [-0.15, -0.1) is 0 Å². The molecule has 1 atom stereocenters. The fraction of sp³-hybridized carbons (Fsp3) is 0.235. The van der Waals surface area contributed by atoms with Crippen molar-refractivity contribution in [3.63, 3.8) is 0 Å². The molecule has 0 radical (unpaired) electrons. The average molecular weight is 373 g/mol. The molecule has 8 heteroatoms. The minimum absolute atomic E-state index is 0.181. The molecular weight excluding hydrogens is 357 g/mol. The molecule has 2 amide bonds. The van der Waals surface area contributed by atoms with E-state index in [0.29, 0.717) is 10.6 Å². The molecule has 0 aromatic heterocycles. The largest absolute Gasteiger partial charge is 0.416 e. The highest BCUT2D eigenvalue weighted by atomic mass is 35.5. The smallest absolute Gasteiger partial charge is 0.388 e. The van der Waals surface area contributed by atoms with Crippen LogP contribution in [0.3, 0.4) is 0 Å². The Morgan fingerprint density at radius 3 is 2.44 bits per heavy atom. The molecule has 25 heavy (non-hydrogen) atoms. The van der Waals surface area contributed by atoms with Gasteiger partial charge in [0.25, 0.3) is 0 Å². The van der Waals surface area contributed by atoms with Gasteiger partial charge < -0.3 is 15.7 Å². The number of urea groups is 1. The predicted octanol–water partition coefficient (Wildman–Crippen LogP) is 4.60. The molecule has 134 valence electrons. The highest BCUT2D eigenvalue weighted by Crippen LogP contribution is 2.29. The highest BCUT2D eigenvalue weighted by Gasteiger charge is 2.29. The molecule has 0 saturated carbocycles. The maximum atomic E-state index is 12.5. The Labute approximate surface area is 147 Å². The number of rotatable bonds is 5. The zero-order valence-corrected chi connectivity index (χ0v) is 13.7. The van der Waals surface area contributed by atoms with Gasteiger partial charge in [0.05, 0.1) is 11.7 Å². The SMILES string of the molecule is O=C(NCC[C@@H](O)c1cccc(Cl)c1)Nc1ccc(C(F)(F)F)cc1. The van der Waals surface area contributed by atoms with E-state index < -0.39 is 23.9 Å². The first-order valence-corrected chi connectivity index (χ1v) is 7.79. The van der Waals surface area contributed by atoms with Crippen molar-refractivity contribution in [1.29, 1.82) is 0 Å². The van der Waals surface area contributed by atoms with Gasteiger partial charge in [-0.25, -0.2) is 4.79 Å². The topological polar surface area (TPSA) is 61.4 Å². The van der Waals surface area contributed by atoms with Gasteiger partial charge in [-0.2, -0.15) is 13.2 Å². The van der Waals surface area contributed by atoms with Crippen molar-refractivity contribution in [3.8, 4) is 0 Å². The van der Waals surface area contributed by atoms with Crippen molar-refractivity contribution in [2.45, 2.75) is 18.7 Å². The van der Waals surface area contributed by atoms with Crippen LogP contribution in [0.25, 0.3) is 0 Å². The predicted molar refractivity (Wildman–Crippen MR) is 89.5 cm³/mol. The zero-order valence-electron chi connectivity index (χ0n) is 13.0. The van der Waals surface area contributed by atoms with E-state index in [1.165, 1.54) is 12.1 Å². The summed E-state index contributed by atoms with van der Waals surface area (Å²) in [6, 6.07) is 10.3. The molecule has 0 unspecified atom stereocenters. The Kier molecular flexibility index (Phi) is 6.27. The number of aliphatic hydroxyl groups excluding tert-OH is 1. The second-order valence-corrected chi connectivity index (χ2v) is 5.75. The number of nitrogens with one attached hydrogen (secondary N) is 2. The van der Waals surface area contributed by atoms with Crippen LogP contribution in [0.2, 0.25) is 5.02 Å². The van der Waals surface area contributed by atoms with E-state index in [1.807, 2.05) is 0 Å². The van der Waals surface area contributed by atoms with Gasteiger partial charge in [0.1, 0.15) is 0 Å². The number of benzene rings is 2. The van der Waals surface area contributed by atoms with Gasteiger partial charge >= 0.3 is 12.2 Å². The Morgan fingerprint density at radius 1 is 1.16 bits per heavy atom. The molecule has 0 aliphatic carbocycles. The molecule has 0 saturated heterocycles. The third kappa shape index (κ3) is 5.95. The first kappa shape index (κ1) is 19.1. The molecule has 2 rings (SSSR count). The number of hydrogen-bond acceptors (Lipinski definition) is 2. The molecule has 3 N–H and O–H groups in total. The van der Waals surface area contributed by atoms with Crippen LogP contribution in [0, 0.1) is 0 Å². The maximum Gasteiger partial charge on any atom is 0.416 e. The van der Waals surface area contributed by atoms with E-state index in [4.69, 9.17) is 11.6 Å². The number of aliphatic hydroxyl groups is 1. The molecule has 0 aliphatic rings. The second-order valence-electron chi connectivity index (χ2n) is 5.32. The van der Waals surface area contributed by atoms with Crippen LogP contribution in [0.5, 0.6) is 0 Å². The number of alkyl halides is 3. The summed E-state index contributed by atoms with van der Waals surface area (Å²) < 4.78 is 37.4. The Balaban J connectivity index is 1.79. The lowest BCUT2D eigenvalue weighted by Gasteiger charge is -2.13. The molecular formula is C17H16ClF3N2O2. The summed E-state index contributed by atoms with van der Waals surface area (Å²) in [5, 5.41) is 15.5. The van der Waals surface area contributed by atoms with Crippen molar-refractivity contribution in [1.82, 2.24) is 5.32 Å². The van der Waals surface area contributed by atoms with Crippen LogP contribution in [0.4, 0.5) is 23.7 Å². The number of carbonyl (C=O) groups is 1. The van der Waals surface area contributed by atoms with Crippen LogP contribution in [-0.2, 0) is 6.18 Å². The molecule has 0 heterocycles. The normalized spacial score (nSPS) is 12.5. The van der Waals surface area contributed by atoms with Gasteiger partial charge in [0.2, 0.25) is 0 Å². The number of hydrogen-bond donors (Lipinski definition) is 3. The maximum absolute atomic E-state index is 12.5. The van der Waals surface area contributed by atoms with E-state index in [9.17, 15) is 23.1 Å². The summed E-state index contributed by atoms with van der Waals surface area (Å²) in [6.45, 7) is 0.181. The van der Waals surface area contributed by atoms with Gasteiger partial charge in [-0.05, 0) is 48.4 Å². The van der Waals surface area contributed by atoms with Crippen molar-refractivity contribution >= 4 is 23.3 Å². The van der Waals surface area contributed by atoms with E-state index in [1.54, 1.807) is 24.3 Å². The average Bonchev–Trinajstić information content (AvgIpc) is 2.54. The van der Waals surface area contributed by atoms with Gasteiger partial charge in [-0.1, -0.05) is 23.7 Å². The second kappa shape index (κ2) is 8.22. The lowest BCUT2D eigenvalue weighted by molar-refractivity contribution is -0.137. The van der Waals surface area contributed by atoms with Crippen LogP contribution >= 0.6 is 11.6 Å². The fourth-order valence-electron chi connectivity index (χ4n) is 2.12.